The molecule has 4 nitrogen and oxygen atoms in total. The maximum atomic E-state index is 12.3. The van der Waals surface area contributed by atoms with Gasteiger partial charge in [-0.2, -0.15) is 11.8 Å². The van der Waals surface area contributed by atoms with Crippen LogP contribution in [0.5, 0.6) is 0 Å². The molecule has 1 amide bonds. The Morgan fingerprint density at radius 3 is 2.38 bits per heavy atom. The smallest absolute Gasteiger partial charge is 0.326 e. The third-order valence-electron chi connectivity index (χ3n) is 2.71. The first-order chi connectivity index (χ1) is 9.93. The number of alkyl halides is 2. The lowest BCUT2D eigenvalue weighted by molar-refractivity contribution is -0.140. The molecule has 0 radical (unpaired) electrons. The highest BCUT2D eigenvalue weighted by Gasteiger charge is 2.24. The summed E-state index contributed by atoms with van der Waals surface area (Å²) in [7, 11) is 0. The van der Waals surface area contributed by atoms with Crippen LogP contribution in [-0.2, 0) is 10.5 Å². The molecular formula is C14H17F2NO3S. The fourth-order valence-corrected chi connectivity index (χ4v) is 2.25. The second-order valence-electron chi connectivity index (χ2n) is 4.33. The zero-order valence-corrected chi connectivity index (χ0v) is 12.3. The minimum atomic E-state index is -2.79. The van der Waals surface area contributed by atoms with Gasteiger partial charge in [0.2, 0.25) is 6.43 Å². The largest absolute Gasteiger partial charge is 0.480 e. The van der Waals surface area contributed by atoms with Crippen molar-refractivity contribution in [2.45, 2.75) is 31.6 Å². The molecule has 116 valence electrons. The number of thioether (sulfide) groups is 1. The zero-order chi connectivity index (χ0) is 15.8. The number of hydrogen-bond donors (Lipinski definition) is 2. The van der Waals surface area contributed by atoms with Crippen molar-refractivity contribution in [3.05, 3.63) is 35.4 Å². The topological polar surface area (TPSA) is 66.4 Å². The SMILES string of the molecule is CCSCc1ccc(C(=O)NC(CC(F)F)C(=O)O)cc1. The summed E-state index contributed by atoms with van der Waals surface area (Å²) in [6.07, 6.45) is -3.70. The minimum Gasteiger partial charge on any atom is -0.480 e. The predicted octanol–water partition coefficient (Wildman–Crippen LogP) is 2.78. The Kier molecular flexibility index (Phi) is 7.14. The molecule has 1 aromatic rings. The Morgan fingerprint density at radius 1 is 1.29 bits per heavy atom. The van der Waals surface area contributed by atoms with Crippen molar-refractivity contribution in [2.24, 2.45) is 0 Å². The number of nitrogens with one attached hydrogen (secondary N) is 1. The van der Waals surface area contributed by atoms with Crippen molar-refractivity contribution in [1.82, 2.24) is 5.32 Å². The molecule has 0 bridgehead atoms. The maximum Gasteiger partial charge on any atom is 0.326 e. The summed E-state index contributed by atoms with van der Waals surface area (Å²) in [5.74, 6) is -0.338. The molecule has 2 N–H and O–H groups in total. The fourth-order valence-electron chi connectivity index (χ4n) is 1.61. The molecule has 0 saturated heterocycles. The van der Waals surface area contributed by atoms with E-state index in [4.69, 9.17) is 5.11 Å². The molecule has 0 fully saturated rings. The average molecular weight is 317 g/mol. The highest BCUT2D eigenvalue weighted by molar-refractivity contribution is 7.98. The molecule has 1 unspecified atom stereocenters. The molecule has 0 aliphatic heterocycles. The van der Waals surface area contributed by atoms with Crippen LogP contribution in [0.2, 0.25) is 0 Å². The van der Waals surface area contributed by atoms with E-state index in [1.165, 1.54) is 0 Å². The van der Waals surface area contributed by atoms with Gasteiger partial charge in [-0.05, 0) is 23.4 Å². The molecule has 0 aliphatic carbocycles. The standard InChI is InChI=1S/C14H17F2NO3S/c1-2-21-8-9-3-5-10(6-4-9)13(18)17-11(14(19)20)7-12(15)16/h3-6,11-12H,2,7-8H2,1H3,(H,17,18)(H,19,20). The lowest BCUT2D eigenvalue weighted by atomic mass is 10.1. The molecule has 0 heterocycles. The molecule has 1 atom stereocenters. The molecule has 0 aromatic heterocycles. The van der Waals surface area contributed by atoms with Crippen molar-refractivity contribution in [2.75, 3.05) is 5.75 Å². The number of aliphatic carboxylic acids is 1. The number of rotatable bonds is 8. The number of hydrogen-bond acceptors (Lipinski definition) is 3. The Morgan fingerprint density at radius 2 is 1.90 bits per heavy atom. The average Bonchev–Trinajstić information content (AvgIpc) is 2.44. The number of carbonyl (C=O) groups excluding carboxylic acids is 1. The highest BCUT2D eigenvalue weighted by atomic mass is 32.2. The van der Waals surface area contributed by atoms with Crippen LogP contribution in [-0.4, -0.2) is 35.2 Å². The number of benzene rings is 1. The number of amides is 1. The first-order valence-corrected chi connectivity index (χ1v) is 7.58. The van der Waals surface area contributed by atoms with Crippen LogP contribution in [0.1, 0.15) is 29.3 Å². The van der Waals surface area contributed by atoms with Gasteiger partial charge in [-0.1, -0.05) is 19.1 Å². The van der Waals surface area contributed by atoms with Gasteiger partial charge in [0.25, 0.3) is 5.91 Å². The number of carboxylic acid groups (broad SMARTS) is 1. The first kappa shape index (κ1) is 17.4. The minimum absolute atomic E-state index is 0.251. The normalized spacial score (nSPS) is 12.2. The summed E-state index contributed by atoms with van der Waals surface area (Å²) in [6.45, 7) is 2.04. The van der Waals surface area contributed by atoms with E-state index in [0.717, 1.165) is 17.1 Å². The monoisotopic (exact) mass is 317 g/mol. The van der Waals surface area contributed by atoms with Crippen molar-refractivity contribution in [3.8, 4) is 0 Å². The van der Waals surface area contributed by atoms with Crippen LogP contribution in [0.4, 0.5) is 8.78 Å². The molecule has 21 heavy (non-hydrogen) atoms. The molecule has 0 aliphatic rings. The summed E-state index contributed by atoms with van der Waals surface area (Å²) < 4.78 is 24.5. The van der Waals surface area contributed by atoms with E-state index in [1.54, 1.807) is 36.0 Å². The molecule has 1 rings (SSSR count). The predicted molar refractivity (Wildman–Crippen MR) is 77.8 cm³/mol. The first-order valence-electron chi connectivity index (χ1n) is 6.42. The molecule has 0 spiro atoms. The van der Waals surface area contributed by atoms with E-state index < -0.39 is 30.8 Å². The van der Waals surface area contributed by atoms with Crippen molar-refractivity contribution in [1.29, 1.82) is 0 Å². The van der Waals surface area contributed by atoms with Gasteiger partial charge in [-0.3, -0.25) is 4.79 Å². The van der Waals surface area contributed by atoms with Crippen LogP contribution in [0.15, 0.2) is 24.3 Å². The fraction of sp³-hybridized carbons (Fsp3) is 0.429. The Labute approximate surface area is 125 Å². The summed E-state index contributed by atoms with van der Waals surface area (Å²) in [4.78, 5) is 22.7. The van der Waals surface area contributed by atoms with Crippen LogP contribution in [0.3, 0.4) is 0 Å². The van der Waals surface area contributed by atoms with E-state index in [2.05, 4.69) is 5.32 Å². The lowest BCUT2D eigenvalue weighted by Crippen LogP contribution is -2.42. The van der Waals surface area contributed by atoms with Gasteiger partial charge in [-0.25, -0.2) is 13.6 Å². The van der Waals surface area contributed by atoms with Gasteiger partial charge in [0.1, 0.15) is 6.04 Å². The second-order valence-corrected chi connectivity index (χ2v) is 5.60. The molecule has 1 aromatic carbocycles. The summed E-state index contributed by atoms with van der Waals surface area (Å²) in [5.41, 5.74) is 1.29. The maximum absolute atomic E-state index is 12.3. The van der Waals surface area contributed by atoms with Gasteiger partial charge in [-0.15, -0.1) is 0 Å². The van der Waals surface area contributed by atoms with Crippen LogP contribution in [0, 0.1) is 0 Å². The number of halogens is 2. The van der Waals surface area contributed by atoms with Gasteiger partial charge < -0.3 is 10.4 Å². The van der Waals surface area contributed by atoms with E-state index in [1.807, 2.05) is 6.92 Å². The molecule has 0 saturated carbocycles. The van der Waals surface area contributed by atoms with Crippen molar-refractivity contribution >= 4 is 23.6 Å². The number of carbonyl (C=O) groups is 2. The third-order valence-corrected chi connectivity index (χ3v) is 3.65. The van der Waals surface area contributed by atoms with Crippen molar-refractivity contribution < 1.29 is 23.5 Å². The quantitative estimate of drug-likeness (QED) is 0.774. The van der Waals surface area contributed by atoms with Crippen LogP contribution >= 0.6 is 11.8 Å². The third kappa shape index (κ3) is 6.12. The highest BCUT2D eigenvalue weighted by Crippen LogP contribution is 2.13. The molecule has 7 heteroatoms. The van der Waals surface area contributed by atoms with Crippen molar-refractivity contribution in [3.63, 3.8) is 0 Å². The van der Waals surface area contributed by atoms with E-state index in [0.29, 0.717) is 0 Å². The second kappa shape index (κ2) is 8.61. The van der Waals surface area contributed by atoms with Crippen LogP contribution in [0.25, 0.3) is 0 Å². The summed E-state index contributed by atoms with van der Waals surface area (Å²) >= 11 is 1.74. The van der Waals surface area contributed by atoms with Gasteiger partial charge in [0.05, 0.1) is 0 Å². The van der Waals surface area contributed by atoms with Gasteiger partial charge in [0, 0.05) is 17.7 Å². The Hall–Kier alpha value is -1.63. The Balaban J connectivity index is 2.67. The van der Waals surface area contributed by atoms with E-state index >= 15 is 0 Å². The summed E-state index contributed by atoms with van der Waals surface area (Å²) in [5, 5.41) is 10.9. The Bertz CT molecular complexity index is 480. The van der Waals surface area contributed by atoms with Crippen LogP contribution < -0.4 is 5.32 Å². The zero-order valence-electron chi connectivity index (χ0n) is 11.5. The van der Waals surface area contributed by atoms with E-state index in [9.17, 15) is 18.4 Å². The number of carboxylic acids is 1. The molecular weight excluding hydrogens is 300 g/mol. The lowest BCUT2D eigenvalue weighted by Gasteiger charge is -2.14. The summed E-state index contributed by atoms with van der Waals surface area (Å²) in [6, 6.07) is 5.05. The van der Waals surface area contributed by atoms with Gasteiger partial charge in [0.15, 0.2) is 0 Å². The van der Waals surface area contributed by atoms with Gasteiger partial charge >= 0.3 is 5.97 Å². The van der Waals surface area contributed by atoms with E-state index in [-0.39, 0.29) is 5.56 Å².